The van der Waals surface area contributed by atoms with Crippen LogP contribution in [0.3, 0.4) is 0 Å². The molecule has 0 fully saturated rings. The molecule has 234 valence electrons. The molecule has 0 aliphatic rings. The Kier molecular flexibility index (Phi) is 6.86. The lowest BCUT2D eigenvalue weighted by Crippen LogP contribution is -1.99. The Morgan fingerprint density at radius 1 is 0.320 bits per heavy atom. The molecule has 3 heterocycles. The summed E-state index contributed by atoms with van der Waals surface area (Å²) >= 11 is 3.71. The summed E-state index contributed by atoms with van der Waals surface area (Å²) in [6.07, 6.45) is 0. The second kappa shape index (κ2) is 11.8. The van der Waals surface area contributed by atoms with E-state index in [1.165, 1.54) is 62.6 Å². The van der Waals surface area contributed by atoms with E-state index in [0.29, 0.717) is 17.5 Å². The quantitative estimate of drug-likeness (QED) is 0.182. The lowest BCUT2D eigenvalue weighted by molar-refractivity contribution is 1.07. The van der Waals surface area contributed by atoms with Crippen molar-refractivity contribution in [2.45, 2.75) is 0 Å². The van der Waals surface area contributed by atoms with Gasteiger partial charge in [-0.2, -0.15) is 0 Å². The molecule has 0 aliphatic heterocycles. The monoisotopic (exact) mass is 673 g/mol. The molecule has 0 amide bonds. The first kappa shape index (κ1) is 29.0. The summed E-state index contributed by atoms with van der Waals surface area (Å²) in [6, 6.07) is 57.9. The highest BCUT2D eigenvalue weighted by Gasteiger charge is 2.19. The van der Waals surface area contributed by atoms with Crippen LogP contribution in [-0.2, 0) is 0 Å². The molecule has 0 N–H and O–H groups in total. The molecule has 0 aliphatic carbocycles. The van der Waals surface area contributed by atoms with E-state index in [0.717, 1.165) is 16.7 Å². The fourth-order valence-electron chi connectivity index (χ4n) is 7.02. The summed E-state index contributed by atoms with van der Waals surface area (Å²) in [7, 11) is 0. The number of hydrogen-bond donors (Lipinski definition) is 0. The van der Waals surface area contributed by atoms with Crippen LogP contribution in [0.4, 0.5) is 0 Å². The second-order valence-corrected chi connectivity index (χ2v) is 14.5. The van der Waals surface area contributed by atoms with Crippen LogP contribution in [0.15, 0.2) is 164 Å². The first-order valence-electron chi connectivity index (χ1n) is 16.6. The van der Waals surface area contributed by atoms with Crippen molar-refractivity contribution in [1.29, 1.82) is 0 Å². The first-order chi connectivity index (χ1) is 24.8. The Bertz CT molecular complexity index is 2800. The fraction of sp³-hybridized carbons (Fsp3) is 0. The molecule has 0 saturated heterocycles. The van der Waals surface area contributed by atoms with Gasteiger partial charge in [0, 0.05) is 57.0 Å². The van der Waals surface area contributed by atoms with E-state index in [1.807, 2.05) is 83.3 Å². The van der Waals surface area contributed by atoms with E-state index < -0.39 is 0 Å². The Morgan fingerprint density at radius 2 is 0.860 bits per heavy atom. The fourth-order valence-corrected chi connectivity index (χ4v) is 9.46. The summed E-state index contributed by atoms with van der Waals surface area (Å²) < 4.78 is 5.11. The molecule has 0 atom stereocenters. The number of nitrogens with zero attached hydrogens (tertiary/aromatic N) is 3. The molecule has 0 spiro atoms. The normalized spacial score (nSPS) is 11.6. The van der Waals surface area contributed by atoms with Crippen molar-refractivity contribution in [1.82, 2.24) is 15.0 Å². The first-order valence-corrected chi connectivity index (χ1v) is 18.2. The van der Waals surface area contributed by atoms with Crippen LogP contribution in [0.2, 0.25) is 0 Å². The van der Waals surface area contributed by atoms with Crippen molar-refractivity contribution in [3.8, 4) is 56.4 Å². The van der Waals surface area contributed by atoms with Gasteiger partial charge in [-0.1, -0.05) is 146 Å². The average Bonchev–Trinajstić information content (AvgIpc) is 3.77. The van der Waals surface area contributed by atoms with Crippen LogP contribution >= 0.6 is 22.7 Å². The minimum atomic E-state index is 0.666. The van der Waals surface area contributed by atoms with Crippen molar-refractivity contribution < 1.29 is 0 Å². The molecule has 10 rings (SSSR count). The molecule has 7 aromatic carbocycles. The van der Waals surface area contributed by atoms with Crippen molar-refractivity contribution in [3.63, 3.8) is 0 Å². The molecule has 5 heteroatoms. The Labute approximate surface area is 296 Å². The minimum absolute atomic E-state index is 0.666. The zero-order valence-electron chi connectivity index (χ0n) is 26.7. The lowest BCUT2D eigenvalue weighted by Gasteiger charge is -2.11. The van der Waals surface area contributed by atoms with E-state index in [2.05, 4.69) is 103 Å². The van der Waals surface area contributed by atoms with Crippen molar-refractivity contribution in [3.05, 3.63) is 164 Å². The highest BCUT2D eigenvalue weighted by atomic mass is 32.1. The summed E-state index contributed by atoms with van der Waals surface area (Å²) in [5, 5.41) is 5.15. The van der Waals surface area contributed by atoms with Gasteiger partial charge in [0.05, 0.1) is 0 Å². The van der Waals surface area contributed by atoms with E-state index in [9.17, 15) is 0 Å². The third-order valence-corrected chi connectivity index (χ3v) is 11.7. The summed E-state index contributed by atoms with van der Waals surface area (Å²) in [5.41, 5.74) is 7.95. The predicted octanol–water partition coefficient (Wildman–Crippen LogP) is 12.9. The van der Waals surface area contributed by atoms with Crippen LogP contribution in [0.25, 0.3) is 96.8 Å². The maximum atomic E-state index is 5.00. The smallest absolute Gasteiger partial charge is 0.164 e. The van der Waals surface area contributed by atoms with Crippen molar-refractivity contribution in [2.24, 2.45) is 0 Å². The summed E-state index contributed by atoms with van der Waals surface area (Å²) in [5.74, 6) is 2.00. The second-order valence-electron chi connectivity index (χ2n) is 12.4. The molecular weight excluding hydrogens is 647 g/mol. The van der Waals surface area contributed by atoms with Gasteiger partial charge in [0.1, 0.15) is 0 Å². The molecule has 0 radical (unpaired) electrons. The lowest BCUT2D eigenvalue weighted by atomic mass is 9.92. The van der Waals surface area contributed by atoms with Gasteiger partial charge in [-0.3, -0.25) is 0 Å². The molecule has 0 saturated carbocycles. The van der Waals surface area contributed by atoms with Gasteiger partial charge in [-0.25, -0.2) is 15.0 Å². The van der Waals surface area contributed by atoms with Gasteiger partial charge >= 0.3 is 0 Å². The highest BCUT2D eigenvalue weighted by Crippen LogP contribution is 2.48. The molecular formula is C45H27N3S2. The standard InChI is InChI=1S/C45H27N3S2/c1-4-13-28(14-5-1)32-25-26-34(41-35-19-10-11-21-37(35)50-42(32)41)33-20-12-22-38-40(33)36-24-23-31(27-39(36)49-38)45-47-43(29-15-6-2-7-16-29)46-44(48-45)30-17-8-3-9-18-30/h1-27H. The predicted molar refractivity (Wildman–Crippen MR) is 213 cm³/mol. The maximum Gasteiger partial charge on any atom is 0.164 e. The summed E-state index contributed by atoms with van der Waals surface area (Å²) in [6.45, 7) is 0. The van der Waals surface area contributed by atoms with Crippen LogP contribution in [-0.4, -0.2) is 15.0 Å². The number of hydrogen-bond acceptors (Lipinski definition) is 5. The van der Waals surface area contributed by atoms with E-state index in [4.69, 9.17) is 15.0 Å². The molecule has 3 nitrogen and oxygen atoms in total. The number of benzene rings is 7. The SMILES string of the molecule is c1ccc(-c2nc(-c3ccccc3)nc(-c3ccc4c(c3)sc3cccc(-c5ccc(-c6ccccc6)c6sc7ccccc7c56)c34)n2)cc1. The van der Waals surface area contributed by atoms with Crippen LogP contribution in [0.1, 0.15) is 0 Å². The van der Waals surface area contributed by atoms with E-state index in [1.54, 1.807) is 0 Å². The number of aromatic nitrogens is 3. The third-order valence-electron chi connectivity index (χ3n) is 9.36. The van der Waals surface area contributed by atoms with Gasteiger partial charge in [-0.15, -0.1) is 22.7 Å². The van der Waals surface area contributed by atoms with Gasteiger partial charge in [-0.05, 0) is 40.5 Å². The maximum absolute atomic E-state index is 5.00. The molecule has 10 aromatic rings. The van der Waals surface area contributed by atoms with Gasteiger partial charge < -0.3 is 0 Å². The van der Waals surface area contributed by atoms with E-state index >= 15 is 0 Å². The van der Waals surface area contributed by atoms with Crippen LogP contribution in [0, 0.1) is 0 Å². The van der Waals surface area contributed by atoms with Crippen LogP contribution < -0.4 is 0 Å². The molecule has 3 aromatic heterocycles. The average molecular weight is 674 g/mol. The van der Waals surface area contributed by atoms with Gasteiger partial charge in [0.2, 0.25) is 0 Å². The van der Waals surface area contributed by atoms with Crippen molar-refractivity contribution >= 4 is 63.0 Å². The van der Waals surface area contributed by atoms with Gasteiger partial charge in [0.25, 0.3) is 0 Å². The zero-order chi connectivity index (χ0) is 33.0. The number of fused-ring (bicyclic) bond motifs is 6. The zero-order valence-corrected chi connectivity index (χ0v) is 28.4. The summed E-state index contributed by atoms with van der Waals surface area (Å²) in [4.78, 5) is 14.9. The number of thiophene rings is 2. The minimum Gasteiger partial charge on any atom is -0.208 e. The largest absolute Gasteiger partial charge is 0.208 e. The Hall–Kier alpha value is -6.01. The third kappa shape index (κ3) is 4.82. The van der Waals surface area contributed by atoms with Gasteiger partial charge in [0.15, 0.2) is 17.5 Å². The van der Waals surface area contributed by atoms with Crippen LogP contribution in [0.5, 0.6) is 0 Å². The van der Waals surface area contributed by atoms with Crippen molar-refractivity contribution in [2.75, 3.05) is 0 Å². The Balaban J connectivity index is 1.17. The molecule has 0 bridgehead atoms. The highest BCUT2D eigenvalue weighted by molar-refractivity contribution is 7.26. The number of rotatable bonds is 5. The molecule has 0 unspecified atom stereocenters. The topological polar surface area (TPSA) is 38.7 Å². The van der Waals surface area contributed by atoms with E-state index in [-0.39, 0.29) is 0 Å². The molecule has 50 heavy (non-hydrogen) atoms. The Morgan fingerprint density at radius 3 is 1.56 bits per heavy atom.